The lowest BCUT2D eigenvalue weighted by Crippen LogP contribution is -2.50. The van der Waals surface area contributed by atoms with Crippen molar-refractivity contribution in [2.45, 2.75) is 46.0 Å². The molecule has 4 atom stereocenters. The lowest BCUT2D eigenvalue weighted by atomic mass is 9.50. The second-order valence-corrected chi connectivity index (χ2v) is 8.08. The number of hydrogen-bond donors (Lipinski definition) is 0. The van der Waals surface area contributed by atoms with Gasteiger partial charge in [-0.1, -0.05) is 69.2 Å². The first kappa shape index (κ1) is 13.3. The minimum Gasteiger partial charge on any atom is -0.298 e. The van der Waals surface area contributed by atoms with Gasteiger partial charge in [0, 0.05) is 11.8 Å². The maximum Gasteiger partial charge on any atom is 0.147 e. The van der Waals surface area contributed by atoms with Gasteiger partial charge in [-0.3, -0.25) is 4.79 Å². The van der Waals surface area contributed by atoms with E-state index in [-0.39, 0.29) is 22.7 Å². The van der Waals surface area contributed by atoms with Gasteiger partial charge in [0.15, 0.2) is 0 Å². The average Bonchev–Trinajstić information content (AvgIpc) is 2.71. The molecule has 0 saturated heterocycles. The van der Waals surface area contributed by atoms with Gasteiger partial charge in [0.1, 0.15) is 5.78 Å². The van der Waals surface area contributed by atoms with Crippen LogP contribution in [0.4, 0.5) is 0 Å². The van der Waals surface area contributed by atoms with Crippen LogP contribution in [0, 0.1) is 22.7 Å². The Kier molecular flexibility index (Phi) is 2.59. The van der Waals surface area contributed by atoms with E-state index >= 15 is 0 Å². The number of carbonyl (C=O) groups excluding carboxylic acids is 1. The van der Waals surface area contributed by atoms with Gasteiger partial charge in [-0.05, 0) is 35.2 Å². The average molecular weight is 280 g/mol. The molecule has 0 spiro atoms. The van der Waals surface area contributed by atoms with E-state index in [9.17, 15) is 4.79 Å². The summed E-state index contributed by atoms with van der Waals surface area (Å²) in [5.41, 5.74) is 3.30. The fraction of sp³-hybridized carbons (Fsp3) is 0.550. The maximum atomic E-state index is 12.7. The van der Waals surface area contributed by atoms with Crippen LogP contribution in [0.5, 0.6) is 0 Å². The fourth-order valence-corrected chi connectivity index (χ4v) is 5.51. The van der Waals surface area contributed by atoms with E-state index in [0.717, 1.165) is 0 Å². The Balaban J connectivity index is 1.76. The Labute approximate surface area is 127 Å². The van der Waals surface area contributed by atoms with Crippen LogP contribution in [-0.4, -0.2) is 5.78 Å². The minimum atomic E-state index is 0.129. The van der Waals surface area contributed by atoms with Crippen LogP contribution in [0.25, 0.3) is 0 Å². The molecule has 0 aromatic heterocycles. The van der Waals surface area contributed by atoms with Crippen LogP contribution in [0.1, 0.15) is 51.5 Å². The summed E-state index contributed by atoms with van der Waals surface area (Å²) in [4.78, 5) is 12.7. The van der Waals surface area contributed by atoms with Crippen LogP contribution >= 0.6 is 0 Å². The van der Waals surface area contributed by atoms with Gasteiger partial charge in [0.25, 0.3) is 0 Å². The van der Waals surface area contributed by atoms with Crippen molar-refractivity contribution in [2.75, 3.05) is 0 Å². The molecule has 0 radical (unpaired) electrons. The summed E-state index contributed by atoms with van der Waals surface area (Å²) in [7, 11) is 0. The van der Waals surface area contributed by atoms with Crippen molar-refractivity contribution < 1.29 is 4.79 Å². The maximum absolute atomic E-state index is 12.7. The summed E-state index contributed by atoms with van der Waals surface area (Å²) in [6.07, 6.45) is 6.16. The number of carbonyl (C=O) groups is 1. The lowest BCUT2D eigenvalue weighted by molar-refractivity contribution is -0.138. The Hall–Kier alpha value is -1.37. The topological polar surface area (TPSA) is 17.1 Å². The first-order chi connectivity index (χ1) is 9.95. The number of benzene rings is 1. The predicted octanol–water partition coefficient (Wildman–Crippen LogP) is 4.74. The van der Waals surface area contributed by atoms with E-state index in [1.165, 1.54) is 24.8 Å². The third-order valence-corrected chi connectivity index (χ3v) is 6.46. The third kappa shape index (κ3) is 1.61. The summed E-state index contributed by atoms with van der Waals surface area (Å²) in [6, 6.07) is 10.4. The van der Waals surface area contributed by atoms with E-state index < -0.39 is 0 Å². The Morgan fingerprint density at radius 3 is 2.48 bits per heavy atom. The molecule has 2 saturated carbocycles. The Morgan fingerprint density at radius 2 is 1.76 bits per heavy atom. The van der Waals surface area contributed by atoms with E-state index in [2.05, 4.69) is 51.1 Å². The molecule has 1 aromatic rings. The zero-order valence-electron chi connectivity index (χ0n) is 13.2. The van der Waals surface area contributed by atoms with Gasteiger partial charge in [0.2, 0.25) is 0 Å². The highest BCUT2D eigenvalue weighted by Crippen LogP contribution is 2.68. The van der Waals surface area contributed by atoms with E-state index in [1.807, 2.05) is 6.07 Å². The number of hydrogen-bond acceptors (Lipinski definition) is 1. The number of fused-ring (bicyclic) bond motifs is 3. The van der Waals surface area contributed by atoms with Crippen LogP contribution < -0.4 is 0 Å². The molecule has 4 rings (SSSR count). The predicted molar refractivity (Wildman–Crippen MR) is 85.0 cm³/mol. The number of allylic oxidation sites excluding steroid dienone is 2. The molecule has 110 valence electrons. The van der Waals surface area contributed by atoms with Crippen molar-refractivity contribution in [3.05, 3.63) is 47.5 Å². The third-order valence-electron chi connectivity index (χ3n) is 6.46. The SMILES string of the molecule is CC1(C)CCC[C@@]2(C)C1=C[C@H]1C(=O)[C@H](c3ccccc3)[C@H]12. The first-order valence-corrected chi connectivity index (χ1v) is 8.27. The molecule has 0 heterocycles. The Morgan fingerprint density at radius 1 is 1.05 bits per heavy atom. The van der Waals surface area contributed by atoms with E-state index in [1.54, 1.807) is 5.57 Å². The molecular weight excluding hydrogens is 256 g/mol. The smallest absolute Gasteiger partial charge is 0.147 e. The standard InChI is InChI=1S/C20H24O/c1-19(2)10-7-11-20(3)15(19)12-14-17(20)16(18(14)21)13-8-5-4-6-9-13/h4-6,8-9,12,14,16-17H,7,10-11H2,1-3H3/t14-,16-,17+,20+/m1/s1. The zero-order chi connectivity index (χ0) is 14.8. The number of rotatable bonds is 1. The molecule has 1 aromatic carbocycles. The molecule has 0 aliphatic heterocycles. The summed E-state index contributed by atoms with van der Waals surface area (Å²) in [5.74, 6) is 1.27. The molecule has 0 N–H and O–H groups in total. The highest BCUT2D eigenvalue weighted by atomic mass is 16.1. The van der Waals surface area contributed by atoms with Gasteiger partial charge >= 0.3 is 0 Å². The normalized spacial score (nSPS) is 40.0. The van der Waals surface area contributed by atoms with Gasteiger partial charge < -0.3 is 0 Å². The zero-order valence-corrected chi connectivity index (χ0v) is 13.2. The molecule has 0 bridgehead atoms. The van der Waals surface area contributed by atoms with Crippen molar-refractivity contribution in [3.63, 3.8) is 0 Å². The van der Waals surface area contributed by atoms with Gasteiger partial charge in [-0.15, -0.1) is 0 Å². The second-order valence-electron chi connectivity index (χ2n) is 8.08. The largest absolute Gasteiger partial charge is 0.298 e. The fourth-order valence-electron chi connectivity index (χ4n) is 5.51. The summed E-state index contributed by atoms with van der Waals surface area (Å²) >= 11 is 0. The molecule has 1 nitrogen and oxygen atoms in total. The van der Waals surface area contributed by atoms with Crippen molar-refractivity contribution in [2.24, 2.45) is 22.7 Å². The van der Waals surface area contributed by atoms with Gasteiger partial charge in [0.05, 0.1) is 0 Å². The summed E-state index contributed by atoms with van der Waals surface area (Å²) < 4.78 is 0. The molecule has 3 aliphatic carbocycles. The van der Waals surface area contributed by atoms with E-state index in [0.29, 0.717) is 11.7 Å². The van der Waals surface area contributed by atoms with Crippen LogP contribution in [0.3, 0.4) is 0 Å². The molecule has 0 unspecified atom stereocenters. The second kappa shape index (κ2) is 4.09. The lowest BCUT2D eigenvalue weighted by Gasteiger charge is -2.52. The monoisotopic (exact) mass is 280 g/mol. The highest BCUT2D eigenvalue weighted by molar-refractivity contribution is 5.97. The summed E-state index contributed by atoms with van der Waals surface area (Å²) in [5, 5.41) is 0. The first-order valence-electron chi connectivity index (χ1n) is 8.27. The van der Waals surface area contributed by atoms with Crippen molar-refractivity contribution >= 4 is 5.78 Å². The molecule has 2 fully saturated rings. The van der Waals surface area contributed by atoms with Crippen LogP contribution in [0.2, 0.25) is 0 Å². The minimum absolute atomic E-state index is 0.129. The Bertz CT molecular complexity index is 624. The van der Waals surface area contributed by atoms with Gasteiger partial charge in [-0.2, -0.15) is 0 Å². The van der Waals surface area contributed by atoms with Crippen LogP contribution in [0.15, 0.2) is 42.0 Å². The van der Waals surface area contributed by atoms with E-state index in [4.69, 9.17) is 0 Å². The van der Waals surface area contributed by atoms with Crippen LogP contribution in [-0.2, 0) is 4.79 Å². The molecular formula is C20H24O. The van der Waals surface area contributed by atoms with Crippen molar-refractivity contribution in [1.29, 1.82) is 0 Å². The molecule has 0 amide bonds. The molecule has 3 aliphatic rings. The number of ketones is 1. The molecule has 21 heavy (non-hydrogen) atoms. The highest BCUT2D eigenvalue weighted by Gasteiger charge is 2.64. The molecule has 1 heteroatoms. The summed E-state index contributed by atoms with van der Waals surface area (Å²) in [6.45, 7) is 7.15. The van der Waals surface area contributed by atoms with Crippen molar-refractivity contribution in [3.8, 4) is 0 Å². The quantitative estimate of drug-likeness (QED) is 0.679. The number of Topliss-reactive ketones (excluding diaryl/α,β-unsaturated/α-hetero) is 1. The van der Waals surface area contributed by atoms with Gasteiger partial charge in [-0.25, -0.2) is 0 Å². The van der Waals surface area contributed by atoms with Crippen molar-refractivity contribution in [1.82, 2.24) is 0 Å².